The van der Waals surface area contributed by atoms with E-state index in [1.165, 1.54) is 0 Å². The topological polar surface area (TPSA) is 34.4 Å². The highest BCUT2D eigenvalue weighted by molar-refractivity contribution is 6.30. The van der Waals surface area contributed by atoms with Gasteiger partial charge in [0.05, 0.1) is 17.5 Å². The number of carbonyl (C=O) groups is 1. The highest BCUT2D eigenvalue weighted by Gasteiger charge is 2.03. The second-order valence-electron chi connectivity index (χ2n) is 2.70. The van der Waals surface area contributed by atoms with Crippen LogP contribution in [-0.4, -0.2) is 15.7 Å². The summed E-state index contributed by atoms with van der Waals surface area (Å²) in [6.45, 7) is 0. The van der Waals surface area contributed by atoms with Crippen LogP contribution in [0.3, 0.4) is 0 Å². The summed E-state index contributed by atoms with van der Waals surface area (Å²) in [5, 5.41) is 0.653. The number of aldehydes is 1. The fourth-order valence-corrected chi connectivity index (χ4v) is 1.41. The van der Waals surface area contributed by atoms with E-state index in [-0.39, 0.29) is 0 Å². The van der Waals surface area contributed by atoms with Crippen LogP contribution in [0.15, 0.2) is 24.7 Å². The lowest BCUT2D eigenvalue weighted by Gasteiger charge is -1.95. The van der Waals surface area contributed by atoms with Crippen LogP contribution in [0.25, 0.3) is 5.52 Å². The first-order valence-corrected chi connectivity index (χ1v) is 4.24. The molecule has 2 heterocycles. The van der Waals surface area contributed by atoms with Crippen LogP contribution in [0, 0.1) is 0 Å². The number of rotatable bonds is 2. The second kappa shape index (κ2) is 3.18. The highest BCUT2D eigenvalue weighted by atomic mass is 35.5. The van der Waals surface area contributed by atoms with E-state index in [2.05, 4.69) is 4.98 Å². The maximum Gasteiger partial charge on any atom is 0.126 e. The molecule has 0 atom stereocenters. The van der Waals surface area contributed by atoms with Crippen molar-refractivity contribution in [3.05, 3.63) is 35.4 Å². The van der Waals surface area contributed by atoms with Gasteiger partial charge in [0.2, 0.25) is 0 Å². The molecule has 0 unspecified atom stereocenters. The number of pyridine rings is 1. The lowest BCUT2D eigenvalue weighted by atomic mass is 10.3. The fraction of sp³-hybridized carbons (Fsp3) is 0.111. The van der Waals surface area contributed by atoms with Gasteiger partial charge in [-0.25, -0.2) is 4.98 Å². The highest BCUT2D eigenvalue weighted by Crippen LogP contribution is 2.15. The molecule has 0 bridgehead atoms. The molecule has 13 heavy (non-hydrogen) atoms. The van der Waals surface area contributed by atoms with Crippen molar-refractivity contribution in [1.29, 1.82) is 0 Å². The van der Waals surface area contributed by atoms with Crippen molar-refractivity contribution >= 4 is 23.4 Å². The number of nitrogens with zero attached hydrogens (tertiary/aromatic N) is 2. The standard InChI is InChI=1S/C9H7ClN2O/c10-7-1-3-12-6-11-8(2-4-13)9(12)5-7/h1,3-6H,2H2. The minimum Gasteiger partial charge on any atom is -0.306 e. The molecule has 0 aliphatic carbocycles. The van der Waals surface area contributed by atoms with Gasteiger partial charge in [-0.1, -0.05) is 11.6 Å². The number of fused-ring (bicyclic) bond motifs is 1. The zero-order valence-electron chi connectivity index (χ0n) is 6.77. The van der Waals surface area contributed by atoms with Gasteiger partial charge in [0.25, 0.3) is 0 Å². The Kier molecular flexibility index (Phi) is 2.02. The fourth-order valence-electron chi connectivity index (χ4n) is 1.25. The number of halogens is 1. The molecule has 0 spiro atoms. The summed E-state index contributed by atoms with van der Waals surface area (Å²) in [5.41, 5.74) is 1.65. The minimum absolute atomic E-state index is 0.330. The normalized spacial score (nSPS) is 10.5. The Morgan fingerprint density at radius 1 is 1.62 bits per heavy atom. The van der Waals surface area contributed by atoms with E-state index in [1.54, 1.807) is 18.5 Å². The predicted molar refractivity (Wildman–Crippen MR) is 50.0 cm³/mol. The van der Waals surface area contributed by atoms with Crippen molar-refractivity contribution in [1.82, 2.24) is 9.38 Å². The summed E-state index contributed by atoms with van der Waals surface area (Å²) in [7, 11) is 0. The lowest BCUT2D eigenvalue weighted by molar-refractivity contribution is -0.107. The number of aromatic nitrogens is 2. The van der Waals surface area contributed by atoms with Gasteiger partial charge in [0.1, 0.15) is 6.29 Å². The smallest absolute Gasteiger partial charge is 0.126 e. The molecule has 0 N–H and O–H groups in total. The Labute approximate surface area is 80.0 Å². The van der Waals surface area contributed by atoms with Crippen molar-refractivity contribution in [3.63, 3.8) is 0 Å². The van der Waals surface area contributed by atoms with Crippen molar-refractivity contribution in [3.8, 4) is 0 Å². The molecule has 0 amide bonds. The molecule has 0 aliphatic heterocycles. The maximum absolute atomic E-state index is 10.3. The molecular formula is C9H7ClN2O. The lowest BCUT2D eigenvalue weighted by Crippen LogP contribution is -1.87. The number of hydrogen-bond acceptors (Lipinski definition) is 2. The van der Waals surface area contributed by atoms with Crippen LogP contribution < -0.4 is 0 Å². The summed E-state index contributed by atoms with van der Waals surface area (Å²) in [4.78, 5) is 14.4. The zero-order valence-corrected chi connectivity index (χ0v) is 7.53. The molecule has 2 aromatic heterocycles. The SMILES string of the molecule is O=CCc1ncn2ccc(Cl)cc12. The van der Waals surface area contributed by atoms with Gasteiger partial charge in [-0.3, -0.25) is 0 Å². The zero-order chi connectivity index (χ0) is 9.26. The Bertz CT molecular complexity index is 450. The first kappa shape index (κ1) is 8.26. The molecule has 2 aromatic rings. The largest absolute Gasteiger partial charge is 0.306 e. The van der Waals surface area contributed by atoms with Crippen LogP contribution in [0.5, 0.6) is 0 Å². The Morgan fingerprint density at radius 2 is 2.46 bits per heavy atom. The molecule has 2 rings (SSSR count). The molecular weight excluding hydrogens is 188 g/mol. The van der Waals surface area contributed by atoms with Gasteiger partial charge in [0, 0.05) is 17.6 Å². The quantitative estimate of drug-likeness (QED) is 0.683. The van der Waals surface area contributed by atoms with E-state index in [0.717, 1.165) is 17.5 Å². The Hall–Kier alpha value is -1.35. The predicted octanol–water partition coefficient (Wildman–Crippen LogP) is 1.73. The minimum atomic E-state index is 0.330. The molecule has 0 radical (unpaired) electrons. The summed E-state index contributed by atoms with van der Waals surface area (Å²) in [5.74, 6) is 0. The third-order valence-corrected chi connectivity index (χ3v) is 2.09. The van der Waals surface area contributed by atoms with E-state index < -0.39 is 0 Å². The number of hydrogen-bond donors (Lipinski definition) is 0. The number of carbonyl (C=O) groups excluding carboxylic acids is 1. The molecule has 0 saturated heterocycles. The van der Waals surface area contributed by atoms with E-state index in [4.69, 9.17) is 11.6 Å². The monoisotopic (exact) mass is 194 g/mol. The molecule has 66 valence electrons. The third kappa shape index (κ3) is 1.42. The molecule has 0 aliphatic rings. The van der Waals surface area contributed by atoms with Crippen molar-refractivity contribution in [2.45, 2.75) is 6.42 Å². The van der Waals surface area contributed by atoms with E-state index in [0.29, 0.717) is 11.4 Å². The third-order valence-electron chi connectivity index (χ3n) is 1.86. The summed E-state index contributed by atoms with van der Waals surface area (Å²) in [6.07, 6.45) is 4.66. The van der Waals surface area contributed by atoms with Crippen LogP contribution in [0.1, 0.15) is 5.69 Å². The van der Waals surface area contributed by atoms with E-state index in [1.807, 2.05) is 10.6 Å². The van der Waals surface area contributed by atoms with Gasteiger partial charge >= 0.3 is 0 Å². The molecule has 3 nitrogen and oxygen atoms in total. The van der Waals surface area contributed by atoms with Gasteiger partial charge in [0.15, 0.2) is 0 Å². The summed E-state index contributed by atoms with van der Waals surface area (Å²) in [6, 6.07) is 3.58. The summed E-state index contributed by atoms with van der Waals surface area (Å²) < 4.78 is 1.84. The van der Waals surface area contributed by atoms with Gasteiger partial charge in [-0.05, 0) is 12.1 Å². The first-order valence-electron chi connectivity index (χ1n) is 3.86. The van der Waals surface area contributed by atoms with Crippen LogP contribution in [-0.2, 0) is 11.2 Å². The van der Waals surface area contributed by atoms with E-state index >= 15 is 0 Å². The summed E-state index contributed by atoms with van der Waals surface area (Å²) >= 11 is 5.82. The maximum atomic E-state index is 10.3. The van der Waals surface area contributed by atoms with Crippen LogP contribution in [0.4, 0.5) is 0 Å². The average Bonchev–Trinajstić information content (AvgIpc) is 2.49. The Morgan fingerprint density at radius 3 is 3.23 bits per heavy atom. The average molecular weight is 195 g/mol. The van der Waals surface area contributed by atoms with Crippen molar-refractivity contribution in [2.75, 3.05) is 0 Å². The first-order chi connectivity index (χ1) is 6.31. The molecule has 0 fully saturated rings. The van der Waals surface area contributed by atoms with Crippen molar-refractivity contribution < 1.29 is 4.79 Å². The molecule has 0 saturated carbocycles. The Balaban J connectivity index is 2.64. The second-order valence-corrected chi connectivity index (χ2v) is 3.14. The van der Waals surface area contributed by atoms with Gasteiger partial charge in [-0.2, -0.15) is 0 Å². The van der Waals surface area contributed by atoms with Crippen LogP contribution >= 0.6 is 11.6 Å². The number of imidazole rings is 1. The van der Waals surface area contributed by atoms with Gasteiger partial charge < -0.3 is 9.20 Å². The van der Waals surface area contributed by atoms with Crippen LogP contribution in [0.2, 0.25) is 5.02 Å². The molecule has 4 heteroatoms. The van der Waals surface area contributed by atoms with Crippen molar-refractivity contribution in [2.24, 2.45) is 0 Å². The molecule has 0 aromatic carbocycles. The van der Waals surface area contributed by atoms with Gasteiger partial charge in [-0.15, -0.1) is 0 Å². The van der Waals surface area contributed by atoms with E-state index in [9.17, 15) is 4.79 Å².